The summed E-state index contributed by atoms with van der Waals surface area (Å²) in [5.41, 5.74) is 6.69. The van der Waals surface area contributed by atoms with Crippen molar-refractivity contribution in [3.8, 4) is 0 Å². The molecule has 1 unspecified atom stereocenters. The average molecular weight is 234 g/mol. The maximum Gasteiger partial charge on any atom is 0.151 e. The Morgan fingerprint density at radius 2 is 2.29 bits per heavy atom. The van der Waals surface area contributed by atoms with Crippen LogP contribution in [0.5, 0.6) is 0 Å². The minimum absolute atomic E-state index is 0.724. The van der Waals surface area contributed by atoms with Crippen molar-refractivity contribution in [1.82, 2.24) is 10.2 Å². The molecule has 1 aromatic heterocycles. The molecule has 2 rings (SSSR count). The van der Waals surface area contributed by atoms with Gasteiger partial charge in [-0.25, -0.2) is 0 Å². The molecule has 1 fully saturated rings. The molecule has 1 saturated heterocycles. The monoisotopic (exact) mass is 234 g/mol. The minimum atomic E-state index is 0.724. The van der Waals surface area contributed by atoms with Crippen LogP contribution in [0.3, 0.4) is 0 Å². The number of rotatable bonds is 4. The van der Waals surface area contributed by atoms with Gasteiger partial charge in [0.25, 0.3) is 0 Å². The highest BCUT2D eigenvalue weighted by Crippen LogP contribution is 2.22. The van der Waals surface area contributed by atoms with E-state index < -0.39 is 0 Å². The first kappa shape index (κ1) is 12.3. The minimum Gasteiger partial charge on any atom is -0.355 e. The summed E-state index contributed by atoms with van der Waals surface area (Å²) >= 11 is 0. The van der Waals surface area contributed by atoms with Crippen LogP contribution in [-0.4, -0.2) is 29.8 Å². The number of nitrogens with two attached hydrogens (primary N) is 1. The zero-order chi connectivity index (χ0) is 12.1. The summed E-state index contributed by atoms with van der Waals surface area (Å²) in [5.74, 6) is 1.74. The van der Waals surface area contributed by atoms with Crippen LogP contribution in [0.25, 0.3) is 0 Å². The molecule has 2 N–H and O–H groups in total. The molecule has 94 valence electrons. The lowest BCUT2D eigenvalue weighted by Crippen LogP contribution is -2.36. The van der Waals surface area contributed by atoms with Crippen LogP contribution in [0.15, 0.2) is 12.1 Å². The quantitative estimate of drug-likeness (QED) is 0.860. The van der Waals surface area contributed by atoms with Crippen molar-refractivity contribution >= 4 is 5.82 Å². The van der Waals surface area contributed by atoms with Crippen molar-refractivity contribution in [2.75, 3.05) is 24.5 Å². The van der Waals surface area contributed by atoms with Crippen molar-refractivity contribution in [3.63, 3.8) is 0 Å². The zero-order valence-corrected chi connectivity index (χ0v) is 10.6. The largest absolute Gasteiger partial charge is 0.355 e. The molecule has 17 heavy (non-hydrogen) atoms. The highest BCUT2D eigenvalue weighted by atomic mass is 15.3. The topological polar surface area (TPSA) is 55.0 Å². The van der Waals surface area contributed by atoms with E-state index >= 15 is 0 Å². The Balaban J connectivity index is 2.00. The van der Waals surface area contributed by atoms with Crippen LogP contribution in [0.2, 0.25) is 0 Å². The van der Waals surface area contributed by atoms with E-state index in [1.807, 2.05) is 0 Å². The first-order chi connectivity index (χ1) is 8.33. The molecule has 1 aliphatic rings. The van der Waals surface area contributed by atoms with Crippen LogP contribution < -0.4 is 10.6 Å². The predicted molar refractivity (Wildman–Crippen MR) is 70.0 cm³/mol. The van der Waals surface area contributed by atoms with Crippen LogP contribution in [0.1, 0.15) is 31.9 Å². The molecule has 0 amide bonds. The van der Waals surface area contributed by atoms with Gasteiger partial charge in [-0.15, -0.1) is 5.10 Å². The maximum atomic E-state index is 5.63. The van der Waals surface area contributed by atoms with Crippen molar-refractivity contribution in [2.45, 2.75) is 32.6 Å². The fourth-order valence-electron chi connectivity index (χ4n) is 2.45. The van der Waals surface area contributed by atoms with Gasteiger partial charge in [0, 0.05) is 13.1 Å². The van der Waals surface area contributed by atoms with Crippen LogP contribution in [0, 0.1) is 5.92 Å². The van der Waals surface area contributed by atoms with E-state index in [0.29, 0.717) is 0 Å². The summed E-state index contributed by atoms with van der Waals surface area (Å²) in [6.45, 7) is 5.07. The number of nitrogens with zero attached hydrogens (tertiary/aromatic N) is 3. The summed E-state index contributed by atoms with van der Waals surface area (Å²) in [5, 5.41) is 8.54. The first-order valence-corrected chi connectivity index (χ1v) is 6.61. The number of hydrogen-bond acceptors (Lipinski definition) is 4. The van der Waals surface area contributed by atoms with Crippen LogP contribution in [0.4, 0.5) is 5.82 Å². The second kappa shape index (κ2) is 5.96. The Labute approximate surface area is 103 Å². The van der Waals surface area contributed by atoms with Crippen molar-refractivity contribution < 1.29 is 0 Å². The van der Waals surface area contributed by atoms with Crippen molar-refractivity contribution in [3.05, 3.63) is 17.8 Å². The third-order valence-corrected chi connectivity index (χ3v) is 3.49. The fraction of sp³-hybridized carbons (Fsp3) is 0.692. The van der Waals surface area contributed by atoms with Crippen molar-refractivity contribution in [1.29, 1.82) is 0 Å². The molecule has 0 bridgehead atoms. The molecule has 0 aliphatic carbocycles. The van der Waals surface area contributed by atoms with Gasteiger partial charge in [0.15, 0.2) is 5.82 Å². The van der Waals surface area contributed by atoms with Gasteiger partial charge in [-0.05, 0) is 50.3 Å². The third-order valence-electron chi connectivity index (χ3n) is 3.49. The molecule has 1 atom stereocenters. The second-order valence-electron chi connectivity index (χ2n) is 4.77. The van der Waals surface area contributed by atoms with Gasteiger partial charge in [-0.2, -0.15) is 5.10 Å². The number of piperidine rings is 1. The van der Waals surface area contributed by atoms with Gasteiger partial charge in [0.05, 0.1) is 5.69 Å². The van der Waals surface area contributed by atoms with Gasteiger partial charge in [-0.3, -0.25) is 0 Å². The number of aromatic nitrogens is 2. The lowest BCUT2D eigenvalue weighted by molar-refractivity contribution is 0.394. The average Bonchev–Trinajstić information content (AvgIpc) is 2.40. The Hall–Kier alpha value is -1.16. The van der Waals surface area contributed by atoms with Gasteiger partial charge >= 0.3 is 0 Å². The molecule has 0 spiro atoms. The first-order valence-electron chi connectivity index (χ1n) is 6.61. The lowest BCUT2D eigenvalue weighted by Gasteiger charge is -2.33. The van der Waals surface area contributed by atoms with E-state index in [-0.39, 0.29) is 0 Å². The molecule has 0 aromatic carbocycles. The summed E-state index contributed by atoms with van der Waals surface area (Å²) in [4.78, 5) is 2.34. The molecule has 1 aromatic rings. The molecular formula is C13H22N4. The van der Waals surface area contributed by atoms with E-state index in [1.54, 1.807) is 0 Å². The van der Waals surface area contributed by atoms with Gasteiger partial charge in [-0.1, -0.05) is 6.92 Å². The van der Waals surface area contributed by atoms with Gasteiger partial charge in [0.1, 0.15) is 0 Å². The summed E-state index contributed by atoms with van der Waals surface area (Å²) < 4.78 is 0. The highest BCUT2D eigenvalue weighted by Gasteiger charge is 2.20. The smallest absolute Gasteiger partial charge is 0.151 e. The highest BCUT2D eigenvalue weighted by molar-refractivity contribution is 5.37. The van der Waals surface area contributed by atoms with Crippen LogP contribution >= 0.6 is 0 Å². The number of anilines is 1. The normalized spacial score (nSPS) is 20.6. The summed E-state index contributed by atoms with van der Waals surface area (Å²) in [7, 11) is 0. The van der Waals surface area contributed by atoms with Gasteiger partial charge in [0.2, 0.25) is 0 Å². The van der Waals surface area contributed by atoms with E-state index in [9.17, 15) is 0 Å². The Morgan fingerprint density at radius 1 is 1.41 bits per heavy atom. The molecule has 4 nitrogen and oxygen atoms in total. The molecule has 0 saturated carbocycles. The maximum absolute atomic E-state index is 5.63. The molecule has 1 aliphatic heterocycles. The van der Waals surface area contributed by atoms with E-state index in [4.69, 9.17) is 5.73 Å². The Morgan fingerprint density at radius 3 is 2.94 bits per heavy atom. The van der Waals surface area contributed by atoms with E-state index in [1.165, 1.54) is 12.8 Å². The fourth-order valence-corrected chi connectivity index (χ4v) is 2.45. The van der Waals surface area contributed by atoms with Crippen LogP contribution in [-0.2, 0) is 6.42 Å². The Bertz CT molecular complexity index is 334. The van der Waals surface area contributed by atoms with Crippen molar-refractivity contribution in [2.24, 2.45) is 11.7 Å². The van der Waals surface area contributed by atoms with E-state index in [2.05, 4.69) is 34.2 Å². The number of aryl methyl sites for hydroxylation is 1. The van der Waals surface area contributed by atoms with E-state index in [0.717, 1.165) is 49.9 Å². The predicted octanol–water partition coefficient (Wildman–Crippen LogP) is 1.60. The molecule has 2 heterocycles. The molecule has 4 heteroatoms. The molecular weight excluding hydrogens is 212 g/mol. The standard InChI is InChI=1S/C13H22N4/c1-2-12-5-6-13(16-15-12)17-9-3-4-11(10-17)7-8-14/h5-6,11H,2-4,7-10,14H2,1H3. The lowest BCUT2D eigenvalue weighted by atomic mass is 9.95. The SMILES string of the molecule is CCc1ccc(N2CCCC(CCN)C2)nn1. The Kier molecular flexibility index (Phi) is 4.31. The third kappa shape index (κ3) is 3.16. The zero-order valence-electron chi connectivity index (χ0n) is 10.6. The number of hydrogen-bond donors (Lipinski definition) is 1. The molecule has 0 radical (unpaired) electrons. The van der Waals surface area contributed by atoms with Gasteiger partial charge < -0.3 is 10.6 Å². The second-order valence-corrected chi connectivity index (χ2v) is 4.77. The summed E-state index contributed by atoms with van der Waals surface area (Å²) in [6, 6.07) is 4.17. The summed E-state index contributed by atoms with van der Waals surface area (Å²) in [6.07, 6.45) is 4.61.